The minimum absolute atomic E-state index is 0.0579. The molecule has 0 radical (unpaired) electrons. The fraction of sp³-hybridized carbons (Fsp3) is 0.619. The van der Waals surface area contributed by atoms with Crippen molar-refractivity contribution in [1.29, 1.82) is 0 Å². The highest BCUT2D eigenvalue weighted by Crippen LogP contribution is 2.24. The Hall–Kier alpha value is -2.03. The van der Waals surface area contributed by atoms with Gasteiger partial charge in [0.15, 0.2) is 0 Å². The number of ether oxygens (including phenoxy) is 1. The lowest BCUT2D eigenvalue weighted by Crippen LogP contribution is -2.51. The quantitative estimate of drug-likeness (QED) is 0.653. The SMILES string of the molecule is CC(C)CN(CC(C)C)[C@H](CN)C(=O)Nc1ccc(N2CCOCC2=O)c(F)c1. The monoisotopic (exact) mass is 408 g/mol. The fourth-order valence-corrected chi connectivity index (χ4v) is 3.49. The maximum absolute atomic E-state index is 14.6. The molecule has 0 aromatic heterocycles. The van der Waals surface area contributed by atoms with Gasteiger partial charge in [0.05, 0.1) is 12.3 Å². The van der Waals surface area contributed by atoms with E-state index in [1.54, 1.807) is 6.07 Å². The van der Waals surface area contributed by atoms with Gasteiger partial charge >= 0.3 is 0 Å². The van der Waals surface area contributed by atoms with Crippen LogP contribution in [0.4, 0.5) is 15.8 Å². The van der Waals surface area contributed by atoms with Crippen molar-refractivity contribution in [1.82, 2.24) is 4.90 Å². The summed E-state index contributed by atoms with van der Waals surface area (Å²) in [4.78, 5) is 28.2. The molecular formula is C21H33FN4O3. The van der Waals surface area contributed by atoms with E-state index in [4.69, 9.17) is 10.5 Å². The summed E-state index contributed by atoms with van der Waals surface area (Å²) in [6, 6.07) is 3.84. The molecule has 1 aromatic rings. The van der Waals surface area contributed by atoms with E-state index in [-0.39, 0.29) is 30.7 Å². The highest BCUT2D eigenvalue weighted by atomic mass is 19.1. The number of amides is 2. The molecule has 0 aliphatic carbocycles. The topological polar surface area (TPSA) is 87.9 Å². The maximum Gasteiger partial charge on any atom is 0.253 e. The second kappa shape index (κ2) is 10.7. The van der Waals surface area contributed by atoms with Crippen LogP contribution in [0.5, 0.6) is 0 Å². The summed E-state index contributed by atoms with van der Waals surface area (Å²) in [5.74, 6) is -0.336. The van der Waals surface area contributed by atoms with Gasteiger partial charge in [0, 0.05) is 31.9 Å². The molecule has 2 rings (SSSR count). The lowest BCUT2D eigenvalue weighted by atomic mass is 10.1. The van der Waals surface area contributed by atoms with Crippen LogP contribution in [0.1, 0.15) is 27.7 Å². The van der Waals surface area contributed by atoms with Gasteiger partial charge in [-0.05, 0) is 30.0 Å². The zero-order valence-corrected chi connectivity index (χ0v) is 17.8. The summed E-state index contributed by atoms with van der Waals surface area (Å²) >= 11 is 0. The van der Waals surface area contributed by atoms with E-state index in [2.05, 4.69) is 37.9 Å². The van der Waals surface area contributed by atoms with Crippen molar-refractivity contribution in [2.24, 2.45) is 17.6 Å². The lowest BCUT2D eigenvalue weighted by molar-refractivity contribution is -0.125. The molecule has 1 fully saturated rings. The number of benzene rings is 1. The molecule has 0 saturated carbocycles. The van der Waals surface area contributed by atoms with Crippen molar-refractivity contribution in [2.75, 3.05) is 49.6 Å². The molecule has 2 amide bonds. The van der Waals surface area contributed by atoms with Crippen LogP contribution in [-0.4, -0.2) is 62.1 Å². The van der Waals surface area contributed by atoms with Gasteiger partial charge in [-0.15, -0.1) is 0 Å². The third-order valence-corrected chi connectivity index (χ3v) is 4.66. The summed E-state index contributed by atoms with van der Waals surface area (Å²) < 4.78 is 19.7. The molecule has 1 aliphatic heterocycles. The number of rotatable bonds is 9. The van der Waals surface area contributed by atoms with Crippen LogP contribution in [0.2, 0.25) is 0 Å². The Kier molecular flexibility index (Phi) is 8.55. The van der Waals surface area contributed by atoms with Gasteiger partial charge in [0.25, 0.3) is 5.91 Å². The number of anilines is 2. The van der Waals surface area contributed by atoms with Crippen LogP contribution >= 0.6 is 0 Å². The van der Waals surface area contributed by atoms with Crippen molar-refractivity contribution in [2.45, 2.75) is 33.7 Å². The van der Waals surface area contributed by atoms with E-state index in [0.29, 0.717) is 30.7 Å². The van der Waals surface area contributed by atoms with Crippen LogP contribution < -0.4 is 16.0 Å². The predicted molar refractivity (Wildman–Crippen MR) is 112 cm³/mol. The molecule has 29 heavy (non-hydrogen) atoms. The predicted octanol–water partition coefficient (Wildman–Crippen LogP) is 2.07. The number of hydrogen-bond acceptors (Lipinski definition) is 5. The summed E-state index contributed by atoms with van der Waals surface area (Å²) in [6.45, 7) is 10.7. The zero-order valence-electron chi connectivity index (χ0n) is 17.8. The van der Waals surface area contributed by atoms with E-state index in [1.807, 2.05) is 0 Å². The highest BCUT2D eigenvalue weighted by molar-refractivity contribution is 5.97. The third-order valence-electron chi connectivity index (χ3n) is 4.66. The lowest BCUT2D eigenvalue weighted by Gasteiger charge is -2.32. The first-order valence-corrected chi connectivity index (χ1v) is 10.2. The molecule has 1 atom stereocenters. The molecule has 8 heteroatoms. The van der Waals surface area contributed by atoms with Crippen LogP contribution in [0, 0.1) is 17.7 Å². The van der Waals surface area contributed by atoms with Crippen LogP contribution in [0.3, 0.4) is 0 Å². The molecule has 162 valence electrons. The Balaban J connectivity index is 2.13. The number of carbonyl (C=O) groups excluding carboxylic acids is 2. The Morgan fingerprint density at radius 3 is 2.45 bits per heavy atom. The van der Waals surface area contributed by atoms with Crippen molar-refractivity contribution in [3.05, 3.63) is 24.0 Å². The van der Waals surface area contributed by atoms with Gasteiger partial charge in [0.2, 0.25) is 5.91 Å². The molecule has 1 heterocycles. The molecule has 1 aliphatic rings. The van der Waals surface area contributed by atoms with Gasteiger partial charge in [-0.3, -0.25) is 14.5 Å². The molecule has 0 spiro atoms. The minimum atomic E-state index is -0.566. The molecule has 3 N–H and O–H groups in total. The molecular weight excluding hydrogens is 375 g/mol. The van der Waals surface area contributed by atoms with E-state index in [9.17, 15) is 14.0 Å². The minimum Gasteiger partial charge on any atom is -0.370 e. The molecule has 7 nitrogen and oxygen atoms in total. The summed E-state index contributed by atoms with van der Waals surface area (Å²) in [5.41, 5.74) is 6.44. The van der Waals surface area contributed by atoms with Crippen molar-refractivity contribution in [3.63, 3.8) is 0 Å². The number of nitrogens with one attached hydrogen (secondary N) is 1. The van der Waals surface area contributed by atoms with Gasteiger partial charge in [-0.25, -0.2) is 4.39 Å². The standard InChI is InChI=1S/C21H33FN4O3/c1-14(2)11-25(12-15(3)4)19(10-23)21(28)24-16-5-6-18(17(22)9-16)26-7-8-29-13-20(26)27/h5-6,9,14-15,19H,7-8,10-13,23H2,1-4H3,(H,24,28)/t19-/m1/s1. The van der Waals surface area contributed by atoms with Crippen LogP contribution in [0.25, 0.3) is 0 Å². The first-order chi connectivity index (χ1) is 13.7. The summed E-state index contributed by atoms with van der Waals surface area (Å²) in [5, 5.41) is 2.77. The first kappa shape index (κ1) is 23.3. The van der Waals surface area contributed by atoms with Crippen molar-refractivity contribution >= 4 is 23.2 Å². The number of hydrogen-bond donors (Lipinski definition) is 2. The van der Waals surface area contributed by atoms with Crippen molar-refractivity contribution < 1.29 is 18.7 Å². The first-order valence-electron chi connectivity index (χ1n) is 10.2. The van der Waals surface area contributed by atoms with Crippen molar-refractivity contribution in [3.8, 4) is 0 Å². The normalized spacial score (nSPS) is 16.0. The van der Waals surface area contributed by atoms with Crippen LogP contribution in [-0.2, 0) is 14.3 Å². The Bertz CT molecular complexity index is 701. The van der Waals surface area contributed by atoms with Crippen LogP contribution in [0.15, 0.2) is 18.2 Å². The Morgan fingerprint density at radius 1 is 1.28 bits per heavy atom. The molecule has 0 unspecified atom stereocenters. The van der Waals surface area contributed by atoms with Gasteiger partial charge in [-0.1, -0.05) is 27.7 Å². The van der Waals surface area contributed by atoms with E-state index in [1.165, 1.54) is 17.0 Å². The number of halogens is 1. The summed E-state index contributed by atoms with van der Waals surface area (Å²) in [7, 11) is 0. The van der Waals surface area contributed by atoms with Gasteiger partial charge < -0.3 is 20.7 Å². The number of nitrogens with two attached hydrogens (primary N) is 1. The molecule has 0 bridgehead atoms. The Morgan fingerprint density at radius 2 is 1.93 bits per heavy atom. The average molecular weight is 409 g/mol. The number of nitrogens with zero attached hydrogens (tertiary/aromatic N) is 2. The average Bonchev–Trinajstić information content (AvgIpc) is 2.62. The third kappa shape index (κ3) is 6.48. The smallest absolute Gasteiger partial charge is 0.253 e. The molecule has 1 saturated heterocycles. The van der Waals surface area contributed by atoms with Gasteiger partial charge in [0.1, 0.15) is 18.5 Å². The Labute approximate surface area is 172 Å². The highest BCUT2D eigenvalue weighted by Gasteiger charge is 2.27. The second-order valence-corrected chi connectivity index (χ2v) is 8.25. The number of carbonyl (C=O) groups is 2. The van der Waals surface area contributed by atoms with E-state index >= 15 is 0 Å². The fourth-order valence-electron chi connectivity index (χ4n) is 3.49. The zero-order chi connectivity index (χ0) is 21.6. The second-order valence-electron chi connectivity index (χ2n) is 8.25. The van der Waals surface area contributed by atoms with E-state index < -0.39 is 11.9 Å². The number of morpholine rings is 1. The molecule has 1 aromatic carbocycles. The van der Waals surface area contributed by atoms with Gasteiger partial charge in [-0.2, -0.15) is 0 Å². The summed E-state index contributed by atoms with van der Waals surface area (Å²) in [6.07, 6.45) is 0. The largest absolute Gasteiger partial charge is 0.370 e. The maximum atomic E-state index is 14.6. The van der Waals surface area contributed by atoms with E-state index in [0.717, 1.165) is 13.1 Å².